The summed E-state index contributed by atoms with van der Waals surface area (Å²) in [7, 11) is 0. The fraction of sp³-hybridized carbons (Fsp3) is 0.500. The maximum absolute atomic E-state index is 12.0. The van der Waals surface area contributed by atoms with Crippen molar-refractivity contribution in [1.29, 1.82) is 0 Å². The van der Waals surface area contributed by atoms with Crippen LogP contribution in [0.3, 0.4) is 0 Å². The first-order valence-corrected chi connectivity index (χ1v) is 7.36. The van der Waals surface area contributed by atoms with Crippen LogP contribution in [0.4, 0.5) is 5.69 Å². The Morgan fingerprint density at radius 2 is 2.14 bits per heavy atom. The summed E-state index contributed by atoms with van der Waals surface area (Å²) in [6, 6.07) is 5.70. The third kappa shape index (κ3) is 4.29. The zero-order chi connectivity index (χ0) is 15.5. The summed E-state index contributed by atoms with van der Waals surface area (Å²) in [4.78, 5) is 19.5. The number of fused-ring (bicyclic) bond motifs is 1. The van der Waals surface area contributed by atoms with Gasteiger partial charge in [0.1, 0.15) is 5.82 Å². The molecule has 1 aromatic carbocycles. The maximum Gasteiger partial charge on any atom is 0.224 e. The average molecular weight is 288 g/mol. The predicted octanol–water partition coefficient (Wildman–Crippen LogP) is 2.97. The number of carbonyl (C=O) groups is 1. The molecule has 2 aromatic rings. The second-order valence-corrected chi connectivity index (χ2v) is 6.31. The number of aromatic amines is 1. The van der Waals surface area contributed by atoms with Crippen molar-refractivity contribution in [3.8, 4) is 0 Å². The number of benzene rings is 1. The van der Waals surface area contributed by atoms with Crippen LogP contribution < -0.4 is 11.1 Å². The van der Waals surface area contributed by atoms with E-state index in [0.29, 0.717) is 13.0 Å². The largest absolute Gasteiger partial charge is 0.342 e. The molecule has 1 amide bonds. The van der Waals surface area contributed by atoms with Gasteiger partial charge >= 0.3 is 0 Å². The Bertz CT molecular complexity index is 630. The minimum Gasteiger partial charge on any atom is -0.342 e. The highest BCUT2D eigenvalue weighted by atomic mass is 16.1. The van der Waals surface area contributed by atoms with Gasteiger partial charge in [-0.25, -0.2) is 4.98 Å². The first-order valence-electron chi connectivity index (χ1n) is 7.36. The van der Waals surface area contributed by atoms with E-state index in [2.05, 4.69) is 29.1 Å². The number of nitrogens with zero attached hydrogens (tertiary/aromatic N) is 1. The number of amides is 1. The topological polar surface area (TPSA) is 83.8 Å². The van der Waals surface area contributed by atoms with Crippen molar-refractivity contribution in [2.75, 3.05) is 11.9 Å². The molecular formula is C16H24N4O. The van der Waals surface area contributed by atoms with E-state index < -0.39 is 0 Å². The molecule has 0 aliphatic heterocycles. The maximum atomic E-state index is 12.0. The quantitative estimate of drug-likeness (QED) is 0.764. The van der Waals surface area contributed by atoms with E-state index in [1.54, 1.807) is 0 Å². The Hall–Kier alpha value is -1.88. The van der Waals surface area contributed by atoms with Crippen LogP contribution in [-0.4, -0.2) is 22.4 Å². The van der Waals surface area contributed by atoms with Crippen LogP contribution in [0.15, 0.2) is 18.2 Å². The number of hydrogen-bond acceptors (Lipinski definition) is 3. The summed E-state index contributed by atoms with van der Waals surface area (Å²) >= 11 is 0. The average Bonchev–Trinajstić information content (AvgIpc) is 2.76. The summed E-state index contributed by atoms with van der Waals surface area (Å²) in [6.45, 7) is 6.86. The predicted molar refractivity (Wildman–Crippen MR) is 86.1 cm³/mol. The van der Waals surface area contributed by atoms with Crippen LogP contribution in [0.2, 0.25) is 0 Å². The number of aromatic nitrogens is 2. The summed E-state index contributed by atoms with van der Waals surface area (Å²) in [5.41, 5.74) is 8.35. The second kappa shape index (κ2) is 6.26. The monoisotopic (exact) mass is 288 g/mol. The van der Waals surface area contributed by atoms with Crippen molar-refractivity contribution in [3.05, 3.63) is 24.0 Å². The SMILES string of the molecule is Cc1nc2ccc(NC(=O)CCC(C)(C)CCN)cc2[nH]1. The number of H-pyrrole nitrogens is 1. The Balaban J connectivity index is 1.94. The van der Waals surface area contributed by atoms with E-state index in [1.807, 2.05) is 25.1 Å². The molecule has 2 rings (SSSR count). The lowest BCUT2D eigenvalue weighted by atomic mass is 9.84. The minimum absolute atomic E-state index is 0.0377. The van der Waals surface area contributed by atoms with Crippen LogP contribution in [0, 0.1) is 12.3 Å². The fourth-order valence-corrected chi connectivity index (χ4v) is 2.41. The van der Waals surface area contributed by atoms with Gasteiger partial charge in [-0.2, -0.15) is 0 Å². The van der Waals surface area contributed by atoms with Crippen molar-refractivity contribution in [3.63, 3.8) is 0 Å². The first-order chi connectivity index (χ1) is 9.89. The van der Waals surface area contributed by atoms with E-state index in [-0.39, 0.29) is 11.3 Å². The van der Waals surface area contributed by atoms with Gasteiger partial charge in [-0.3, -0.25) is 4.79 Å². The number of hydrogen-bond donors (Lipinski definition) is 3. The minimum atomic E-state index is 0.0377. The van der Waals surface area contributed by atoms with Crippen LogP contribution in [0.5, 0.6) is 0 Å². The van der Waals surface area contributed by atoms with Gasteiger partial charge in [0.05, 0.1) is 11.0 Å². The Morgan fingerprint density at radius 1 is 1.38 bits per heavy atom. The number of imidazole rings is 1. The fourth-order valence-electron chi connectivity index (χ4n) is 2.41. The van der Waals surface area contributed by atoms with Crippen LogP contribution in [0.1, 0.15) is 38.9 Å². The van der Waals surface area contributed by atoms with Gasteiger partial charge in [-0.1, -0.05) is 13.8 Å². The zero-order valence-electron chi connectivity index (χ0n) is 13.0. The number of anilines is 1. The molecule has 0 unspecified atom stereocenters. The Kier molecular flexibility index (Phi) is 4.63. The third-order valence-electron chi connectivity index (χ3n) is 3.73. The summed E-state index contributed by atoms with van der Waals surface area (Å²) < 4.78 is 0. The molecule has 0 radical (unpaired) electrons. The van der Waals surface area contributed by atoms with Crippen molar-refractivity contribution in [2.24, 2.45) is 11.1 Å². The van der Waals surface area contributed by atoms with Gasteiger partial charge in [0.2, 0.25) is 5.91 Å². The molecule has 0 saturated carbocycles. The standard InChI is InChI=1S/C16H24N4O/c1-11-18-13-5-4-12(10-14(13)19-11)20-15(21)6-7-16(2,3)8-9-17/h4-5,10H,6-9,17H2,1-3H3,(H,18,19)(H,20,21). The van der Waals surface area contributed by atoms with Crippen molar-refractivity contribution < 1.29 is 4.79 Å². The molecule has 0 aliphatic rings. The highest BCUT2D eigenvalue weighted by Crippen LogP contribution is 2.26. The molecule has 114 valence electrons. The molecule has 4 N–H and O–H groups in total. The van der Waals surface area contributed by atoms with Crippen molar-refractivity contribution >= 4 is 22.6 Å². The molecule has 5 nitrogen and oxygen atoms in total. The number of aryl methyl sites for hydroxylation is 1. The molecule has 0 aliphatic carbocycles. The Labute approximate surface area is 125 Å². The molecule has 0 saturated heterocycles. The molecular weight excluding hydrogens is 264 g/mol. The van der Waals surface area contributed by atoms with Crippen LogP contribution >= 0.6 is 0 Å². The lowest BCUT2D eigenvalue weighted by Gasteiger charge is -2.23. The van der Waals surface area contributed by atoms with Gasteiger partial charge in [-0.05, 0) is 49.9 Å². The number of rotatable bonds is 6. The van der Waals surface area contributed by atoms with Gasteiger partial charge in [0.25, 0.3) is 0 Å². The van der Waals surface area contributed by atoms with Gasteiger partial charge in [-0.15, -0.1) is 0 Å². The zero-order valence-corrected chi connectivity index (χ0v) is 13.0. The van der Waals surface area contributed by atoms with Crippen LogP contribution in [-0.2, 0) is 4.79 Å². The van der Waals surface area contributed by atoms with Gasteiger partial charge < -0.3 is 16.0 Å². The lowest BCUT2D eigenvalue weighted by molar-refractivity contribution is -0.116. The highest BCUT2D eigenvalue weighted by molar-refractivity contribution is 5.93. The molecule has 0 fully saturated rings. The molecule has 0 atom stereocenters. The van der Waals surface area contributed by atoms with Crippen molar-refractivity contribution in [1.82, 2.24) is 9.97 Å². The number of nitrogens with one attached hydrogen (secondary N) is 2. The van der Waals surface area contributed by atoms with E-state index in [1.165, 1.54) is 0 Å². The second-order valence-electron chi connectivity index (χ2n) is 6.31. The molecule has 0 bridgehead atoms. The summed E-state index contributed by atoms with van der Waals surface area (Å²) in [5.74, 6) is 0.910. The van der Waals surface area contributed by atoms with E-state index in [4.69, 9.17) is 5.73 Å². The van der Waals surface area contributed by atoms with E-state index in [9.17, 15) is 4.79 Å². The molecule has 1 aromatic heterocycles. The highest BCUT2D eigenvalue weighted by Gasteiger charge is 2.18. The van der Waals surface area contributed by atoms with E-state index in [0.717, 1.165) is 35.4 Å². The summed E-state index contributed by atoms with van der Waals surface area (Å²) in [5, 5.41) is 2.94. The van der Waals surface area contributed by atoms with Crippen LogP contribution in [0.25, 0.3) is 11.0 Å². The normalized spacial score (nSPS) is 11.8. The van der Waals surface area contributed by atoms with Gasteiger partial charge in [0, 0.05) is 12.1 Å². The Morgan fingerprint density at radius 3 is 2.86 bits per heavy atom. The van der Waals surface area contributed by atoms with Gasteiger partial charge in [0.15, 0.2) is 0 Å². The first kappa shape index (κ1) is 15.5. The smallest absolute Gasteiger partial charge is 0.224 e. The summed E-state index contributed by atoms with van der Waals surface area (Å²) in [6.07, 6.45) is 2.27. The van der Waals surface area contributed by atoms with Crippen molar-refractivity contribution in [2.45, 2.75) is 40.0 Å². The molecule has 0 spiro atoms. The molecule has 21 heavy (non-hydrogen) atoms. The third-order valence-corrected chi connectivity index (χ3v) is 3.73. The lowest BCUT2D eigenvalue weighted by Crippen LogP contribution is -2.20. The molecule has 1 heterocycles. The molecule has 5 heteroatoms. The van der Waals surface area contributed by atoms with E-state index >= 15 is 0 Å². The number of nitrogens with two attached hydrogens (primary N) is 1. The number of carbonyl (C=O) groups excluding carboxylic acids is 1.